The maximum atomic E-state index is 12.4. The van der Waals surface area contributed by atoms with Crippen molar-refractivity contribution in [3.8, 4) is 0 Å². The molecule has 1 N–H and O–H groups in total. The largest absolute Gasteiger partial charge is 0.363 e. The number of benzene rings is 2. The molecule has 122 valence electrons. The van der Waals surface area contributed by atoms with Crippen molar-refractivity contribution >= 4 is 22.5 Å². The molecule has 3 rings (SSSR count). The number of aromatic nitrogens is 2. The average molecular weight is 320 g/mol. The van der Waals surface area contributed by atoms with Crippen LogP contribution < -0.4 is 10.2 Å². The number of nitrogens with one attached hydrogen (secondary N) is 1. The Morgan fingerprint density at radius 2 is 1.79 bits per heavy atom. The molecule has 0 saturated carbocycles. The molecule has 0 radical (unpaired) electrons. The molecule has 0 bridgehead atoms. The van der Waals surface area contributed by atoms with Crippen LogP contribution in [0.2, 0.25) is 0 Å². The Bertz CT molecular complexity index is 889. The van der Waals surface area contributed by atoms with Crippen LogP contribution >= 0.6 is 0 Å². The summed E-state index contributed by atoms with van der Waals surface area (Å²) in [5, 5.41) is 5.06. The summed E-state index contributed by atoms with van der Waals surface area (Å²) in [6.45, 7) is 2.22. The lowest BCUT2D eigenvalue weighted by atomic mass is 10.1. The zero-order valence-corrected chi connectivity index (χ0v) is 14.1. The predicted molar refractivity (Wildman–Crippen MR) is 96.2 cm³/mol. The van der Waals surface area contributed by atoms with Gasteiger partial charge < -0.3 is 10.2 Å². The molecule has 5 heteroatoms. The Morgan fingerprint density at radius 1 is 1.04 bits per heavy atom. The summed E-state index contributed by atoms with van der Waals surface area (Å²) in [5.74, 6) is 1.31. The first-order valence-electron chi connectivity index (χ1n) is 7.82. The van der Waals surface area contributed by atoms with Gasteiger partial charge in [0.2, 0.25) is 0 Å². The topological polar surface area (TPSA) is 58.1 Å². The van der Waals surface area contributed by atoms with Crippen molar-refractivity contribution in [3.05, 3.63) is 65.6 Å². The predicted octanol–water partition coefficient (Wildman–Crippen LogP) is 2.93. The molecule has 0 unspecified atom stereocenters. The smallest absolute Gasteiger partial charge is 0.251 e. The molecule has 0 spiro atoms. The van der Waals surface area contributed by atoms with Crippen molar-refractivity contribution in [3.63, 3.8) is 0 Å². The molecule has 1 heterocycles. The molecule has 0 aliphatic rings. The standard InChI is InChI=1S/C19H20N4O/c1-13-10-18(23(2)3)22-17(21-13)12-20-19(24)16-9-8-14-6-4-5-7-15(14)11-16/h4-11H,12H2,1-3H3,(H,20,24). The van der Waals surface area contributed by atoms with Gasteiger partial charge in [-0.3, -0.25) is 4.79 Å². The third-order valence-electron chi connectivity index (χ3n) is 3.76. The van der Waals surface area contributed by atoms with Gasteiger partial charge in [-0.2, -0.15) is 0 Å². The minimum absolute atomic E-state index is 0.128. The lowest BCUT2D eigenvalue weighted by Crippen LogP contribution is -2.24. The maximum absolute atomic E-state index is 12.4. The van der Waals surface area contributed by atoms with Crippen LogP contribution in [0.1, 0.15) is 21.9 Å². The highest BCUT2D eigenvalue weighted by Crippen LogP contribution is 2.15. The highest BCUT2D eigenvalue weighted by molar-refractivity contribution is 5.98. The summed E-state index contributed by atoms with van der Waals surface area (Å²) in [4.78, 5) is 23.1. The zero-order valence-electron chi connectivity index (χ0n) is 14.1. The first-order chi connectivity index (χ1) is 11.5. The molecule has 5 nitrogen and oxygen atoms in total. The van der Waals surface area contributed by atoms with Gasteiger partial charge in [0.15, 0.2) is 0 Å². The van der Waals surface area contributed by atoms with Gasteiger partial charge in [-0.05, 0) is 29.8 Å². The van der Waals surface area contributed by atoms with Crippen LogP contribution in [0.3, 0.4) is 0 Å². The molecule has 0 aliphatic carbocycles. The number of anilines is 1. The second kappa shape index (κ2) is 6.66. The first-order valence-corrected chi connectivity index (χ1v) is 7.82. The fraction of sp³-hybridized carbons (Fsp3) is 0.211. The fourth-order valence-corrected chi connectivity index (χ4v) is 2.51. The van der Waals surface area contributed by atoms with E-state index in [1.807, 2.05) is 74.4 Å². The van der Waals surface area contributed by atoms with Gasteiger partial charge in [-0.1, -0.05) is 30.3 Å². The van der Waals surface area contributed by atoms with Crippen molar-refractivity contribution in [1.29, 1.82) is 0 Å². The molecule has 0 aliphatic heterocycles. The number of fused-ring (bicyclic) bond motifs is 1. The van der Waals surface area contributed by atoms with E-state index in [9.17, 15) is 4.79 Å². The lowest BCUT2D eigenvalue weighted by molar-refractivity contribution is 0.0950. The average Bonchev–Trinajstić information content (AvgIpc) is 2.58. The van der Waals surface area contributed by atoms with Gasteiger partial charge in [0, 0.05) is 31.4 Å². The van der Waals surface area contributed by atoms with E-state index >= 15 is 0 Å². The number of amides is 1. The van der Waals surface area contributed by atoms with E-state index in [1.54, 1.807) is 0 Å². The molecule has 24 heavy (non-hydrogen) atoms. The van der Waals surface area contributed by atoms with Crippen LogP contribution in [0.4, 0.5) is 5.82 Å². The minimum Gasteiger partial charge on any atom is -0.363 e. The van der Waals surface area contributed by atoms with Gasteiger partial charge in [0.25, 0.3) is 5.91 Å². The van der Waals surface area contributed by atoms with E-state index in [0.717, 1.165) is 22.3 Å². The highest BCUT2D eigenvalue weighted by atomic mass is 16.1. The van der Waals surface area contributed by atoms with Crippen molar-refractivity contribution in [2.75, 3.05) is 19.0 Å². The Labute approximate surface area is 141 Å². The summed E-state index contributed by atoms with van der Waals surface area (Å²) < 4.78 is 0. The summed E-state index contributed by atoms with van der Waals surface area (Å²) in [7, 11) is 3.86. The Balaban J connectivity index is 1.75. The third kappa shape index (κ3) is 3.51. The second-order valence-corrected chi connectivity index (χ2v) is 5.92. The van der Waals surface area contributed by atoms with Gasteiger partial charge in [-0.15, -0.1) is 0 Å². The molecule has 0 atom stereocenters. The highest BCUT2D eigenvalue weighted by Gasteiger charge is 2.09. The van der Waals surface area contributed by atoms with E-state index in [1.165, 1.54) is 0 Å². The van der Waals surface area contributed by atoms with Crippen LogP contribution in [-0.2, 0) is 6.54 Å². The Morgan fingerprint density at radius 3 is 2.54 bits per heavy atom. The van der Waals surface area contributed by atoms with E-state index in [0.29, 0.717) is 17.9 Å². The van der Waals surface area contributed by atoms with Crippen molar-refractivity contribution in [2.45, 2.75) is 13.5 Å². The summed E-state index contributed by atoms with van der Waals surface area (Å²) in [5.41, 5.74) is 1.51. The Hall–Kier alpha value is -2.95. The van der Waals surface area contributed by atoms with Crippen LogP contribution in [0, 0.1) is 6.92 Å². The number of aryl methyl sites for hydroxylation is 1. The molecule has 3 aromatic rings. The van der Waals surface area contributed by atoms with Gasteiger partial charge in [0.1, 0.15) is 11.6 Å². The number of hydrogen-bond donors (Lipinski definition) is 1. The zero-order chi connectivity index (χ0) is 17.1. The van der Waals surface area contributed by atoms with Crippen LogP contribution in [0.25, 0.3) is 10.8 Å². The van der Waals surface area contributed by atoms with Gasteiger partial charge >= 0.3 is 0 Å². The lowest BCUT2D eigenvalue weighted by Gasteiger charge is -2.13. The van der Waals surface area contributed by atoms with E-state index < -0.39 is 0 Å². The van der Waals surface area contributed by atoms with Crippen LogP contribution in [-0.4, -0.2) is 30.0 Å². The quantitative estimate of drug-likeness (QED) is 0.803. The van der Waals surface area contributed by atoms with Crippen molar-refractivity contribution < 1.29 is 4.79 Å². The van der Waals surface area contributed by atoms with Crippen LogP contribution in [0.15, 0.2) is 48.5 Å². The second-order valence-electron chi connectivity index (χ2n) is 5.92. The first kappa shape index (κ1) is 15.9. The normalized spacial score (nSPS) is 10.6. The minimum atomic E-state index is -0.128. The maximum Gasteiger partial charge on any atom is 0.251 e. The number of carbonyl (C=O) groups excluding carboxylic acids is 1. The molecule has 1 amide bonds. The van der Waals surface area contributed by atoms with E-state index in [4.69, 9.17) is 0 Å². The van der Waals surface area contributed by atoms with Gasteiger partial charge in [0.05, 0.1) is 6.54 Å². The molecular weight excluding hydrogens is 300 g/mol. The molecule has 2 aromatic carbocycles. The summed E-state index contributed by atoms with van der Waals surface area (Å²) in [6, 6.07) is 15.6. The summed E-state index contributed by atoms with van der Waals surface area (Å²) in [6.07, 6.45) is 0. The summed E-state index contributed by atoms with van der Waals surface area (Å²) >= 11 is 0. The SMILES string of the molecule is Cc1cc(N(C)C)nc(CNC(=O)c2ccc3ccccc3c2)n1. The molecule has 0 saturated heterocycles. The third-order valence-corrected chi connectivity index (χ3v) is 3.76. The van der Waals surface area contributed by atoms with E-state index in [-0.39, 0.29) is 5.91 Å². The fourth-order valence-electron chi connectivity index (χ4n) is 2.51. The number of carbonyl (C=O) groups is 1. The van der Waals surface area contributed by atoms with Gasteiger partial charge in [-0.25, -0.2) is 9.97 Å². The molecular formula is C19H20N4O. The van der Waals surface area contributed by atoms with Crippen molar-refractivity contribution in [1.82, 2.24) is 15.3 Å². The monoisotopic (exact) mass is 320 g/mol. The number of hydrogen-bond acceptors (Lipinski definition) is 4. The molecule has 0 fully saturated rings. The van der Waals surface area contributed by atoms with Crippen LogP contribution in [0.5, 0.6) is 0 Å². The van der Waals surface area contributed by atoms with E-state index in [2.05, 4.69) is 15.3 Å². The number of rotatable bonds is 4. The van der Waals surface area contributed by atoms with Crippen molar-refractivity contribution in [2.24, 2.45) is 0 Å². The number of nitrogens with zero attached hydrogens (tertiary/aromatic N) is 3. The molecule has 1 aromatic heterocycles. The Kier molecular flexibility index (Phi) is 4.42.